The molecule has 1 aromatic heterocycles. The van der Waals surface area contributed by atoms with Crippen LogP contribution >= 0.6 is 23.1 Å². The van der Waals surface area contributed by atoms with Gasteiger partial charge in [0, 0.05) is 48.6 Å². The minimum atomic E-state index is -0.247. The number of amides is 1. The van der Waals surface area contributed by atoms with Gasteiger partial charge in [0.1, 0.15) is 10.8 Å². The zero-order chi connectivity index (χ0) is 20.9. The molecule has 0 bridgehead atoms. The first-order chi connectivity index (χ1) is 14.6. The summed E-state index contributed by atoms with van der Waals surface area (Å²) in [6.45, 7) is 5.21. The van der Waals surface area contributed by atoms with Gasteiger partial charge < -0.3 is 9.80 Å². The van der Waals surface area contributed by atoms with E-state index >= 15 is 0 Å². The van der Waals surface area contributed by atoms with Crippen LogP contribution in [0.1, 0.15) is 12.6 Å². The molecule has 0 radical (unpaired) electrons. The summed E-state index contributed by atoms with van der Waals surface area (Å²) in [6.07, 6.45) is 0. The summed E-state index contributed by atoms with van der Waals surface area (Å²) >= 11 is 3.17. The topological polar surface area (TPSA) is 36.4 Å². The highest BCUT2D eigenvalue weighted by Gasteiger charge is 2.25. The molecule has 30 heavy (non-hydrogen) atoms. The maximum absolute atomic E-state index is 13.1. The molecule has 156 valence electrons. The van der Waals surface area contributed by atoms with Crippen molar-refractivity contribution in [3.05, 3.63) is 71.5 Å². The van der Waals surface area contributed by atoms with Gasteiger partial charge in [-0.1, -0.05) is 18.2 Å². The fraction of sp³-hybridized carbons (Fsp3) is 0.304. The van der Waals surface area contributed by atoms with Crippen molar-refractivity contribution >= 4 is 34.7 Å². The zero-order valence-electron chi connectivity index (χ0n) is 16.8. The third-order valence-corrected chi connectivity index (χ3v) is 7.29. The van der Waals surface area contributed by atoms with Gasteiger partial charge in [0.25, 0.3) is 0 Å². The zero-order valence-corrected chi connectivity index (χ0v) is 18.5. The van der Waals surface area contributed by atoms with Crippen LogP contribution in [-0.4, -0.2) is 47.2 Å². The van der Waals surface area contributed by atoms with E-state index < -0.39 is 0 Å². The molecule has 1 amide bonds. The average molecular weight is 442 g/mol. The number of thioether (sulfide) groups is 1. The van der Waals surface area contributed by atoms with Crippen molar-refractivity contribution in [2.75, 3.05) is 31.1 Å². The Morgan fingerprint density at radius 2 is 1.80 bits per heavy atom. The molecule has 1 aliphatic rings. The minimum Gasteiger partial charge on any atom is -0.368 e. The maximum atomic E-state index is 13.1. The number of benzene rings is 2. The largest absolute Gasteiger partial charge is 0.368 e. The highest BCUT2D eigenvalue weighted by molar-refractivity contribution is 7.99. The molecule has 0 aliphatic carbocycles. The van der Waals surface area contributed by atoms with Crippen LogP contribution in [0, 0.1) is 5.82 Å². The summed E-state index contributed by atoms with van der Waals surface area (Å²) in [7, 11) is 0. The Bertz CT molecular complexity index is 970. The Morgan fingerprint density at radius 1 is 1.10 bits per heavy atom. The van der Waals surface area contributed by atoms with Gasteiger partial charge in [0.15, 0.2) is 0 Å². The molecular formula is C23H24FN3OS2. The number of hydrogen-bond donors (Lipinski definition) is 0. The summed E-state index contributed by atoms with van der Waals surface area (Å²) < 4.78 is 13.1. The van der Waals surface area contributed by atoms with E-state index in [9.17, 15) is 9.18 Å². The van der Waals surface area contributed by atoms with Crippen LogP contribution in [0.2, 0.25) is 0 Å². The Hall–Kier alpha value is -2.38. The van der Waals surface area contributed by atoms with Gasteiger partial charge in [-0.25, -0.2) is 9.37 Å². The molecule has 7 heteroatoms. The van der Waals surface area contributed by atoms with Crippen molar-refractivity contribution < 1.29 is 9.18 Å². The van der Waals surface area contributed by atoms with Crippen LogP contribution in [0.5, 0.6) is 0 Å². The van der Waals surface area contributed by atoms with Crippen molar-refractivity contribution in [2.45, 2.75) is 17.9 Å². The Kier molecular flexibility index (Phi) is 6.69. The number of rotatable bonds is 6. The van der Waals surface area contributed by atoms with Crippen LogP contribution in [0.15, 0.2) is 60.0 Å². The first kappa shape index (κ1) is 20.9. The summed E-state index contributed by atoms with van der Waals surface area (Å²) in [5.74, 6) is 0.638. The van der Waals surface area contributed by atoms with Crippen molar-refractivity contribution in [3.63, 3.8) is 0 Å². The average Bonchev–Trinajstić information content (AvgIpc) is 3.27. The van der Waals surface area contributed by atoms with Gasteiger partial charge in [-0.2, -0.15) is 0 Å². The van der Waals surface area contributed by atoms with E-state index in [2.05, 4.69) is 22.0 Å². The summed E-state index contributed by atoms with van der Waals surface area (Å²) in [6, 6.07) is 16.7. The van der Waals surface area contributed by atoms with Gasteiger partial charge in [0.05, 0.1) is 10.9 Å². The molecule has 1 unspecified atom stereocenters. The lowest BCUT2D eigenvalue weighted by atomic mass is 10.2. The van der Waals surface area contributed by atoms with Gasteiger partial charge in [-0.05, 0) is 43.3 Å². The Labute approximate surface area is 184 Å². The van der Waals surface area contributed by atoms with Crippen LogP contribution in [0.25, 0.3) is 10.6 Å². The van der Waals surface area contributed by atoms with Crippen LogP contribution in [-0.2, 0) is 10.5 Å². The van der Waals surface area contributed by atoms with Gasteiger partial charge in [0.2, 0.25) is 5.91 Å². The molecule has 4 nitrogen and oxygen atoms in total. The van der Waals surface area contributed by atoms with E-state index in [4.69, 9.17) is 0 Å². The molecule has 0 spiro atoms. The van der Waals surface area contributed by atoms with Crippen molar-refractivity contribution in [3.8, 4) is 10.6 Å². The molecule has 2 heterocycles. The fourth-order valence-corrected chi connectivity index (χ4v) is 5.25. The van der Waals surface area contributed by atoms with Crippen LogP contribution < -0.4 is 4.90 Å². The number of carbonyl (C=O) groups is 1. The third-order valence-electron chi connectivity index (χ3n) is 5.18. The van der Waals surface area contributed by atoms with Crippen molar-refractivity contribution in [2.24, 2.45) is 0 Å². The highest BCUT2D eigenvalue weighted by atomic mass is 32.2. The number of nitrogens with zero attached hydrogens (tertiary/aromatic N) is 3. The summed E-state index contributed by atoms with van der Waals surface area (Å²) in [5.41, 5.74) is 3.09. The molecule has 1 saturated heterocycles. The predicted molar refractivity (Wildman–Crippen MR) is 124 cm³/mol. The molecule has 1 atom stereocenters. The second kappa shape index (κ2) is 9.62. The molecule has 0 N–H and O–H groups in total. The van der Waals surface area contributed by atoms with E-state index in [1.807, 2.05) is 35.4 Å². The second-order valence-corrected chi connectivity index (χ2v) is 9.44. The van der Waals surface area contributed by atoms with Gasteiger partial charge >= 0.3 is 0 Å². The number of piperazine rings is 1. The number of halogens is 1. The number of hydrogen-bond acceptors (Lipinski definition) is 5. The number of carbonyl (C=O) groups excluding carboxylic acids is 1. The molecule has 2 aromatic carbocycles. The summed E-state index contributed by atoms with van der Waals surface area (Å²) in [5, 5.41) is 2.78. The SMILES string of the molecule is CC(SCc1csc(-c2ccc(F)cc2)n1)C(=O)N1CCN(c2ccccc2)CC1. The van der Waals surface area contributed by atoms with Gasteiger partial charge in [-0.15, -0.1) is 23.1 Å². The first-order valence-corrected chi connectivity index (χ1v) is 11.9. The second-order valence-electron chi connectivity index (χ2n) is 7.25. The van der Waals surface area contributed by atoms with Gasteiger partial charge in [-0.3, -0.25) is 4.79 Å². The van der Waals surface area contributed by atoms with Crippen molar-refractivity contribution in [1.82, 2.24) is 9.88 Å². The molecule has 4 rings (SSSR count). The molecule has 1 aliphatic heterocycles. The molecular weight excluding hydrogens is 417 g/mol. The Balaban J connectivity index is 1.27. The van der Waals surface area contributed by atoms with E-state index in [0.29, 0.717) is 5.75 Å². The molecule has 1 fully saturated rings. The predicted octanol–water partition coefficient (Wildman–Crippen LogP) is 4.92. The lowest BCUT2D eigenvalue weighted by molar-refractivity contribution is -0.130. The standard InChI is InChI=1S/C23H24FN3OS2/c1-17(23(28)27-13-11-26(12-14-27)21-5-3-2-4-6-21)29-15-20-16-30-22(25-20)18-7-9-19(24)10-8-18/h2-10,16-17H,11-15H2,1H3. The van der Waals surface area contributed by atoms with E-state index in [1.54, 1.807) is 35.2 Å². The van der Waals surface area contributed by atoms with E-state index in [-0.39, 0.29) is 17.0 Å². The minimum absolute atomic E-state index is 0.107. The Morgan fingerprint density at radius 3 is 2.50 bits per heavy atom. The van der Waals surface area contributed by atoms with Crippen LogP contribution in [0.4, 0.5) is 10.1 Å². The third kappa shape index (κ3) is 5.02. The monoisotopic (exact) mass is 441 g/mol. The maximum Gasteiger partial charge on any atom is 0.235 e. The molecule has 0 saturated carbocycles. The number of aromatic nitrogens is 1. The number of para-hydroxylation sites is 1. The smallest absolute Gasteiger partial charge is 0.235 e. The lowest BCUT2D eigenvalue weighted by Crippen LogP contribution is -2.50. The number of thiazole rings is 1. The van der Waals surface area contributed by atoms with E-state index in [1.165, 1.54) is 17.8 Å². The molecule has 3 aromatic rings. The lowest BCUT2D eigenvalue weighted by Gasteiger charge is -2.37. The number of anilines is 1. The van der Waals surface area contributed by atoms with Crippen LogP contribution in [0.3, 0.4) is 0 Å². The summed E-state index contributed by atoms with van der Waals surface area (Å²) in [4.78, 5) is 21.8. The quantitative estimate of drug-likeness (QED) is 0.544. The highest BCUT2D eigenvalue weighted by Crippen LogP contribution is 2.27. The first-order valence-electron chi connectivity index (χ1n) is 10.0. The van der Waals surface area contributed by atoms with Crippen molar-refractivity contribution in [1.29, 1.82) is 0 Å². The van der Waals surface area contributed by atoms with E-state index in [0.717, 1.165) is 42.4 Å². The normalized spacial score (nSPS) is 15.3. The fourth-order valence-electron chi connectivity index (χ4n) is 3.46.